The molecule has 100 valence electrons. The molecule has 0 amide bonds. The van der Waals surface area contributed by atoms with Crippen LogP contribution in [0.25, 0.3) is 0 Å². The number of hydrogen-bond acceptors (Lipinski definition) is 2. The minimum atomic E-state index is 0.180. The molecular weight excluding hydrogens is 222 g/mol. The van der Waals surface area contributed by atoms with E-state index in [1.165, 1.54) is 12.0 Å². The number of para-hydroxylation sites is 1. The van der Waals surface area contributed by atoms with Crippen LogP contribution in [0.3, 0.4) is 0 Å². The first-order chi connectivity index (χ1) is 8.52. The summed E-state index contributed by atoms with van der Waals surface area (Å²) < 4.78 is 6.17. The van der Waals surface area contributed by atoms with Crippen molar-refractivity contribution in [2.45, 2.75) is 52.7 Å². The Bertz CT molecular complexity index is 394. The second kappa shape index (κ2) is 5.31. The van der Waals surface area contributed by atoms with Gasteiger partial charge in [0.1, 0.15) is 11.9 Å². The van der Waals surface area contributed by atoms with E-state index in [0.29, 0.717) is 6.04 Å². The topological polar surface area (TPSA) is 21.3 Å². The van der Waals surface area contributed by atoms with Crippen LogP contribution >= 0.6 is 0 Å². The molecule has 1 N–H and O–H groups in total. The summed E-state index contributed by atoms with van der Waals surface area (Å²) >= 11 is 0. The quantitative estimate of drug-likeness (QED) is 0.874. The van der Waals surface area contributed by atoms with Crippen LogP contribution < -0.4 is 10.1 Å². The lowest BCUT2D eigenvalue weighted by Gasteiger charge is -2.39. The number of fused-ring (bicyclic) bond motifs is 1. The Balaban J connectivity index is 2.23. The molecule has 1 aliphatic heterocycles. The van der Waals surface area contributed by atoms with Gasteiger partial charge in [0.05, 0.1) is 0 Å². The molecular formula is C16H25NO. The minimum absolute atomic E-state index is 0.180. The van der Waals surface area contributed by atoms with Gasteiger partial charge in [0.15, 0.2) is 0 Å². The zero-order chi connectivity index (χ0) is 13.2. The van der Waals surface area contributed by atoms with Crippen LogP contribution in [0.1, 0.15) is 52.1 Å². The van der Waals surface area contributed by atoms with Gasteiger partial charge in [-0.2, -0.15) is 0 Å². The predicted molar refractivity (Wildman–Crippen MR) is 76.0 cm³/mol. The summed E-state index contributed by atoms with van der Waals surface area (Å²) in [4.78, 5) is 0. The van der Waals surface area contributed by atoms with Crippen molar-refractivity contribution in [1.82, 2.24) is 5.32 Å². The monoisotopic (exact) mass is 247 g/mol. The lowest BCUT2D eigenvalue weighted by atomic mass is 9.82. The van der Waals surface area contributed by atoms with Crippen molar-refractivity contribution in [2.24, 2.45) is 5.41 Å². The molecule has 2 atom stereocenters. The smallest absolute Gasteiger partial charge is 0.124 e. The highest BCUT2D eigenvalue weighted by Gasteiger charge is 2.34. The summed E-state index contributed by atoms with van der Waals surface area (Å²) in [5, 5.41) is 3.65. The van der Waals surface area contributed by atoms with Crippen LogP contribution in [0.5, 0.6) is 5.75 Å². The Kier molecular flexibility index (Phi) is 3.96. The standard InChI is InChI=1S/C16H25NO/c1-5-10-17-13-11-15(16(2,3)4)18-14-9-7-6-8-12(13)14/h6-9,13,15,17H,5,10-11H2,1-4H3. The van der Waals surface area contributed by atoms with Gasteiger partial charge in [-0.15, -0.1) is 0 Å². The average molecular weight is 247 g/mol. The fourth-order valence-corrected chi connectivity index (χ4v) is 2.46. The molecule has 2 heteroatoms. The second-order valence-electron chi connectivity index (χ2n) is 6.25. The lowest BCUT2D eigenvalue weighted by Crippen LogP contribution is -2.40. The van der Waals surface area contributed by atoms with Gasteiger partial charge < -0.3 is 10.1 Å². The van der Waals surface area contributed by atoms with Crippen LogP contribution in [0.4, 0.5) is 0 Å². The van der Waals surface area contributed by atoms with E-state index in [4.69, 9.17) is 4.74 Å². The van der Waals surface area contributed by atoms with Gasteiger partial charge in [-0.1, -0.05) is 45.9 Å². The van der Waals surface area contributed by atoms with Gasteiger partial charge in [-0.3, -0.25) is 0 Å². The van der Waals surface area contributed by atoms with Gasteiger partial charge in [0, 0.05) is 18.0 Å². The molecule has 0 bridgehead atoms. The Labute approximate surface area is 111 Å². The molecule has 0 spiro atoms. The van der Waals surface area contributed by atoms with E-state index in [-0.39, 0.29) is 11.5 Å². The van der Waals surface area contributed by atoms with Crippen molar-refractivity contribution < 1.29 is 4.74 Å². The maximum atomic E-state index is 6.17. The number of hydrogen-bond donors (Lipinski definition) is 1. The zero-order valence-electron chi connectivity index (χ0n) is 12.0. The van der Waals surface area contributed by atoms with Crippen LogP contribution in [0, 0.1) is 5.41 Å². The minimum Gasteiger partial charge on any atom is -0.489 e. The fraction of sp³-hybridized carbons (Fsp3) is 0.625. The number of ether oxygens (including phenoxy) is 1. The summed E-state index contributed by atoms with van der Waals surface area (Å²) in [6.45, 7) is 10.0. The number of benzene rings is 1. The summed E-state index contributed by atoms with van der Waals surface area (Å²) in [7, 11) is 0. The van der Waals surface area contributed by atoms with E-state index in [1.807, 2.05) is 0 Å². The Morgan fingerprint density at radius 3 is 2.67 bits per heavy atom. The third-order valence-electron chi connectivity index (χ3n) is 3.62. The zero-order valence-corrected chi connectivity index (χ0v) is 12.0. The van der Waals surface area contributed by atoms with Crippen molar-refractivity contribution >= 4 is 0 Å². The molecule has 1 aromatic carbocycles. The summed E-state index contributed by atoms with van der Waals surface area (Å²) in [5.41, 5.74) is 1.49. The maximum Gasteiger partial charge on any atom is 0.124 e. The normalized spacial score (nSPS) is 23.3. The SMILES string of the molecule is CCCNC1CC(C(C)(C)C)Oc2ccccc21. The molecule has 0 aliphatic carbocycles. The molecule has 0 fully saturated rings. The van der Waals surface area contributed by atoms with Crippen molar-refractivity contribution in [1.29, 1.82) is 0 Å². The fourth-order valence-electron chi connectivity index (χ4n) is 2.46. The summed E-state index contributed by atoms with van der Waals surface area (Å²) in [6, 6.07) is 8.86. The first kappa shape index (κ1) is 13.4. The molecule has 2 rings (SSSR count). The molecule has 0 aromatic heterocycles. The largest absolute Gasteiger partial charge is 0.489 e. The Morgan fingerprint density at radius 2 is 2.00 bits per heavy atom. The highest BCUT2D eigenvalue weighted by atomic mass is 16.5. The van der Waals surface area contributed by atoms with Gasteiger partial charge in [0.25, 0.3) is 0 Å². The van der Waals surface area contributed by atoms with Gasteiger partial charge in [-0.25, -0.2) is 0 Å². The van der Waals surface area contributed by atoms with Crippen molar-refractivity contribution in [3.63, 3.8) is 0 Å². The summed E-state index contributed by atoms with van der Waals surface area (Å²) in [6.07, 6.45) is 2.50. The van der Waals surface area contributed by atoms with E-state index < -0.39 is 0 Å². The van der Waals surface area contributed by atoms with Crippen molar-refractivity contribution in [2.75, 3.05) is 6.54 Å². The van der Waals surface area contributed by atoms with E-state index in [0.717, 1.165) is 18.7 Å². The van der Waals surface area contributed by atoms with E-state index in [9.17, 15) is 0 Å². The molecule has 2 nitrogen and oxygen atoms in total. The first-order valence-electron chi connectivity index (χ1n) is 7.01. The molecule has 1 aliphatic rings. The Morgan fingerprint density at radius 1 is 1.28 bits per heavy atom. The van der Waals surface area contributed by atoms with Gasteiger partial charge in [0.2, 0.25) is 0 Å². The molecule has 1 aromatic rings. The molecule has 0 radical (unpaired) electrons. The van der Waals surface area contributed by atoms with Gasteiger partial charge >= 0.3 is 0 Å². The lowest BCUT2D eigenvalue weighted by molar-refractivity contribution is 0.0529. The number of nitrogens with one attached hydrogen (secondary N) is 1. The van der Waals surface area contributed by atoms with E-state index >= 15 is 0 Å². The van der Waals surface area contributed by atoms with E-state index in [2.05, 4.69) is 57.3 Å². The average Bonchev–Trinajstić information content (AvgIpc) is 2.34. The van der Waals surface area contributed by atoms with Gasteiger partial charge in [-0.05, 0) is 24.4 Å². The predicted octanol–water partition coefficient (Wildman–Crippen LogP) is 3.92. The van der Waals surface area contributed by atoms with Crippen LogP contribution in [-0.4, -0.2) is 12.6 Å². The highest BCUT2D eigenvalue weighted by Crippen LogP contribution is 2.40. The molecule has 0 saturated carbocycles. The highest BCUT2D eigenvalue weighted by molar-refractivity contribution is 5.38. The third kappa shape index (κ3) is 2.86. The molecule has 2 unspecified atom stereocenters. The van der Waals surface area contributed by atoms with Crippen LogP contribution in [-0.2, 0) is 0 Å². The third-order valence-corrected chi connectivity index (χ3v) is 3.62. The number of rotatable bonds is 3. The first-order valence-corrected chi connectivity index (χ1v) is 7.01. The molecule has 0 saturated heterocycles. The molecule has 1 heterocycles. The van der Waals surface area contributed by atoms with Crippen molar-refractivity contribution in [3.05, 3.63) is 29.8 Å². The van der Waals surface area contributed by atoms with Crippen LogP contribution in [0.15, 0.2) is 24.3 Å². The van der Waals surface area contributed by atoms with Crippen LogP contribution in [0.2, 0.25) is 0 Å². The van der Waals surface area contributed by atoms with Crippen molar-refractivity contribution in [3.8, 4) is 5.75 Å². The molecule has 18 heavy (non-hydrogen) atoms. The second-order valence-corrected chi connectivity index (χ2v) is 6.25. The maximum absolute atomic E-state index is 6.17. The van der Waals surface area contributed by atoms with E-state index in [1.54, 1.807) is 0 Å². The summed E-state index contributed by atoms with van der Waals surface area (Å²) in [5.74, 6) is 1.05. The Hall–Kier alpha value is -1.02.